The van der Waals surface area contributed by atoms with Gasteiger partial charge in [0.15, 0.2) is 0 Å². The number of anilines is 1. The standard InChI is InChI=1S/C11H11ClN8/c1-7(8-14-2-3-15-8)16-10-17-9(12)18-11(19-10)20-5-4-13-6-20/h2-7H,1H3,(H,14,15)(H,16,17,18,19). The zero-order chi connectivity index (χ0) is 13.9. The van der Waals surface area contributed by atoms with Gasteiger partial charge in [0.1, 0.15) is 12.2 Å². The maximum absolute atomic E-state index is 5.92. The van der Waals surface area contributed by atoms with Crippen LogP contribution in [0, 0.1) is 0 Å². The molecule has 2 N–H and O–H groups in total. The van der Waals surface area contributed by atoms with Gasteiger partial charge in [-0.2, -0.15) is 15.0 Å². The van der Waals surface area contributed by atoms with Crippen molar-refractivity contribution in [3.63, 3.8) is 0 Å². The van der Waals surface area contributed by atoms with Gasteiger partial charge < -0.3 is 10.3 Å². The predicted octanol–water partition coefficient (Wildman–Crippen LogP) is 1.61. The van der Waals surface area contributed by atoms with E-state index in [9.17, 15) is 0 Å². The summed E-state index contributed by atoms with van der Waals surface area (Å²) < 4.78 is 1.65. The topological polar surface area (TPSA) is 97.2 Å². The minimum atomic E-state index is -0.0842. The molecule has 3 rings (SSSR count). The Morgan fingerprint density at radius 2 is 2.20 bits per heavy atom. The van der Waals surface area contributed by atoms with Crippen LogP contribution in [-0.4, -0.2) is 34.5 Å². The van der Waals surface area contributed by atoms with Crippen LogP contribution in [0.25, 0.3) is 5.95 Å². The molecule has 0 aromatic carbocycles. The average Bonchev–Trinajstić information content (AvgIpc) is 3.12. The third kappa shape index (κ3) is 2.59. The molecule has 0 saturated carbocycles. The summed E-state index contributed by atoms with van der Waals surface area (Å²) in [5.41, 5.74) is 0. The maximum atomic E-state index is 5.92. The number of nitrogens with zero attached hydrogens (tertiary/aromatic N) is 6. The lowest BCUT2D eigenvalue weighted by Crippen LogP contribution is -2.13. The molecule has 0 aliphatic carbocycles. The van der Waals surface area contributed by atoms with Crippen LogP contribution in [0.5, 0.6) is 0 Å². The minimum Gasteiger partial charge on any atom is -0.347 e. The number of halogens is 1. The fraction of sp³-hybridized carbons (Fsp3) is 0.182. The van der Waals surface area contributed by atoms with Crippen molar-refractivity contribution in [2.75, 3.05) is 5.32 Å². The highest BCUT2D eigenvalue weighted by atomic mass is 35.5. The molecule has 20 heavy (non-hydrogen) atoms. The Bertz CT molecular complexity index is 679. The van der Waals surface area contributed by atoms with Gasteiger partial charge in [-0.3, -0.25) is 4.57 Å². The fourth-order valence-corrected chi connectivity index (χ4v) is 1.83. The van der Waals surface area contributed by atoms with Gasteiger partial charge in [-0.05, 0) is 18.5 Å². The number of H-pyrrole nitrogens is 1. The molecule has 0 bridgehead atoms. The summed E-state index contributed by atoms with van der Waals surface area (Å²) in [4.78, 5) is 23.5. The highest BCUT2D eigenvalue weighted by Crippen LogP contribution is 2.15. The number of aromatic amines is 1. The molecular weight excluding hydrogens is 280 g/mol. The van der Waals surface area contributed by atoms with Crippen molar-refractivity contribution in [3.8, 4) is 5.95 Å². The molecule has 1 unspecified atom stereocenters. The lowest BCUT2D eigenvalue weighted by molar-refractivity contribution is 0.785. The van der Waals surface area contributed by atoms with Gasteiger partial charge in [0.05, 0.1) is 6.04 Å². The average molecular weight is 291 g/mol. The first-order valence-corrected chi connectivity index (χ1v) is 6.26. The van der Waals surface area contributed by atoms with Crippen LogP contribution >= 0.6 is 11.6 Å². The SMILES string of the molecule is CC(Nc1nc(Cl)nc(-n2ccnc2)n1)c1ncc[nH]1. The summed E-state index contributed by atoms with van der Waals surface area (Å²) in [5.74, 6) is 1.56. The quantitative estimate of drug-likeness (QED) is 0.757. The summed E-state index contributed by atoms with van der Waals surface area (Å²) in [5, 5.41) is 3.22. The van der Waals surface area contributed by atoms with Crippen molar-refractivity contribution in [1.82, 2.24) is 34.5 Å². The summed E-state index contributed by atoms with van der Waals surface area (Å²) in [6.45, 7) is 1.94. The van der Waals surface area contributed by atoms with Crippen LogP contribution in [0.4, 0.5) is 5.95 Å². The van der Waals surface area contributed by atoms with E-state index in [1.165, 1.54) is 0 Å². The van der Waals surface area contributed by atoms with Crippen molar-refractivity contribution in [2.24, 2.45) is 0 Å². The molecule has 8 nitrogen and oxygen atoms in total. The molecule has 0 amide bonds. The second-order valence-electron chi connectivity index (χ2n) is 4.04. The van der Waals surface area contributed by atoms with Crippen LogP contribution in [0.3, 0.4) is 0 Å². The molecular formula is C11H11ClN8. The zero-order valence-electron chi connectivity index (χ0n) is 10.5. The largest absolute Gasteiger partial charge is 0.347 e. The van der Waals surface area contributed by atoms with E-state index in [1.54, 1.807) is 35.7 Å². The first kappa shape index (κ1) is 12.5. The highest BCUT2D eigenvalue weighted by Gasteiger charge is 2.12. The Morgan fingerprint density at radius 1 is 1.30 bits per heavy atom. The molecule has 1 atom stereocenters. The maximum Gasteiger partial charge on any atom is 0.241 e. The second kappa shape index (κ2) is 5.25. The van der Waals surface area contributed by atoms with Crippen molar-refractivity contribution >= 4 is 17.5 Å². The van der Waals surface area contributed by atoms with Gasteiger partial charge in [-0.25, -0.2) is 9.97 Å². The first-order valence-electron chi connectivity index (χ1n) is 5.88. The molecule has 0 saturated heterocycles. The fourth-order valence-electron chi connectivity index (χ4n) is 1.67. The van der Waals surface area contributed by atoms with E-state index in [0.29, 0.717) is 11.9 Å². The van der Waals surface area contributed by atoms with Crippen molar-refractivity contribution in [1.29, 1.82) is 0 Å². The number of rotatable bonds is 4. The minimum absolute atomic E-state index is 0.0842. The number of hydrogen-bond donors (Lipinski definition) is 2. The monoisotopic (exact) mass is 290 g/mol. The molecule has 102 valence electrons. The molecule has 0 spiro atoms. The molecule has 9 heteroatoms. The van der Waals surface area contributed by atoms with E-state index in [0.717, 1.165) is 5.82 Å². The Balaban J connectivity index is 1.87. The van der Waals surface area contributed by atoms with E-state index in [1.807, 2.05) is 6.92 Å². The molecule has 0 fully saturated rings. The lowest BCUT2D eigenvalue weighted by Gasteiger charge is -2.12. The molecule has 3 heterocycles. The predicted molar refractivity (Wildman–Crippen MR) is 72.6 cm³/mol. The Hall–Kier alpha value is -2.48. The van der Waals surface area contributed by atoms with Crippen LogP contribution in [0.15, 0.2) is 31.1 Å². The van der Waals surface area contributed by atoms with Crippen molar-refractivity contribution < 1.29 is 0 Å². The Labute approximate surface area is 119 Å². The third-order valence-corrected chi connectivity index (χ3v) is 2.78. The molecule has 0 aliphatic heterocycles. The normalized spacial score (nSPS) is 12.3. The summed E-state index contributed by atoms with van der Waals surface area (Å²) in [7, 11) is 0. The Kier molecular flexibility index (Phi) is 3.30. The van der Waals surface area contributed by atoms with Gasteiger partial charge in [-0.1, -0.05) is 0 Å². The summed E-state index contributed by atoms with van der Waals surface area (Å²) >= 11 is 5.92. The van der Waals surface area contributed by atoms with Crippen LogP contribution < -0.4 is 5.32 Å². The summed E-state index contributed by atoms with van der Waals surface area (Å²) in [6, 6.07) is -0.0842. The van der Waals surface area contributed by atoms with Crippen LogP contribution in [0.2, 0.25) is 5.28 Å². The van der Waals surface area contributed by atoms with E-state index in [2.05, 4.69) is 35.2 Å². The molecule has 3 aromatic rings. The first-order chi connectivity index (χ1) is 9.72. The number of nitrogens with one attached hydrogen (secondary N) is 2. The molecule has 3 aromatic heterocycles. The van der Waals surface area contributed by atoms with E-state index in [4.69, 9.17) is 11.6 Å². The van der Waals surface area contributed by atoms with Crippen molar-refractivity contribution in [2.45, 2.75) is 13.0 Å². The lowest BCUT2D eigenvalue weighted by atomic mass is 10.3. The molecule has 0 radical (unpaired) electrons. The van der Waals surface area contributed by atoms with Gasteiger partial charge in [0, 0.05) is 24.8 Å². The second-order valence-corrected chi connectivity index (χ2v) is 4.38. The van der Waals surface area contributed by atoms with E-state index < -0.39 is 0 Å². The van der Waals surface area contributed by atoms with Crippen LogP contribution in [-0.2, 0) is 0 Å². The summed E-state index contributed by atoms with van der Waals surface area (Å²) in [6.07, 6.45) is 8.39. The smallest absolute Gasteiger partial charge is 0.241 e. The van der Waals surface area contributed by atoms with Crippen LogP contribution in [0.1, 0.15) is 18.8 Å². The molecule has 0 aliphatic rings. The Morgan fingerprint density at radius 3 is 2.90 bits per heavy atom. The number of aromatic nitrogens is 7. The van der Waals surface area contributed by atoms with Gasteiger partial charge in [0.25, 0.3) is 0 Å². The number of imidazole rings is 2. The third-order valence-electron chi connectivity index (χ3n) is 2.61. The van der Waals surface area contributed by atoms with Gasteiger partial charge >= 0.3 is 0 Å². The van der Waals surface area contributed by atoms with Gasteiger partial charge in [-0.15, -0.1) is 0 Å². The van der Waals surface area contributed by atoms with Crippen molar-refractivity contribution in [3.05, 3.63) is 42.2 Å². The van der Waals surface area contributed by atoms with E-state index in [-0.39, 0.29) is 11.3 Å². The number of hydrogen-bond acceptors (Lipinski definition) is 6. The van der Waals surface area contributed by atoms with Gasteiger partial charge in [0.2, 0.25) is 17.2 Å². The van der Waals surface area contributed by atoms with E-state index >= 15 is 0 Å². The highest BCUT2D eigenvalue weighted by molar-refractivity contribution is 6.28. The zero-order valence-corrected chi connectivity index (χ0v) is 11.3.